The number of ether oxygens (including phenoxy) is 1. The lowest BCUT2D eigenvalue weighted by molar-refractivity contribution is -0.128. The quantitative estimate of drug-likeness (QED) is 0.715. The molecule has 0 fully saturated rings. The smallest absolute Gasteiger partial charge is 0.262 e. The second-order valence-electron chi connectivity index (χ2n) is 10.2. The molecule has 2 aromatic carbocycles. The SMILES string of the molecule is CN(C)C(=O)Cc1ccc(NC(=O)COc2ccc(C(C)(C)C)cc2C(C)(C)C)cc1. The van der Waals surface area contributed by atoms with Crippen molar-refractivity contribution < 1.29 is 14.3 Å². The molecule has 5 nitrogen and oxygen atoms in total. The van der Waals surface area contributed by atoms with E-state index in [1.807, 2.05) is 18.2 Å². The molecule has 0 saturated heterocycles. The summed E-state index contributed by atoms with van der Waals surface area (Å²) in [7, 11) is 3.47. The van der Waals surface area contributed by atoms with Crippen LogP contribution < -0.4 is 10.1 Å². The van der Waals surface area contributed by atoms with Crippen LogP contribution >= 0.6 is 0 Å². The van der Waals surface area contributed by atoms with Crippen LogP contribution in [0.2, 0.25) is 0 Å². The molecule has 0 saturated carbocycles. The van der Waals surface area contributed by atoms with E-state index in [0.717, 1.165) is 16.9 Å². The van der Waals surface area contributed by atoms with Crippen LogP contribution in [0.25, 0.3) is 0 Å². The fourth-order valence-electron chi connectivity index (χ4n) is 3.09. The van der Waals surface area contributed by atoms with Gasteiger partial charge in [-0.05, 0) is 45.7 Å². The molecule has 31 heavy (non-hydrogen) atoms. The van der Waals surface area contributed by atoms with Crippen molar-refractivity contribution in [1.29, 1.82) is 0 Å². The minimum atomic E-state index is -0.225. The third-order valence-corrected chi connectivity index (χ3v) is 5.10. The molecule has 0 spiro atoms. The Hall–Kier alpha value is -2.82. The van der Waals surface area contributed by atoms with E-state index in [4.69, 9.17) is 4.74 Å². The zero-order chi connectivity index (χ0) is 23.4. The molecule has 5 heteroatoms. The highest BCUT2D eigenvalue weighted by atomic mass is 16.5. The summed E-state index contributed by atoms with van der Waals surface area (Å²) in [6.45, 7) is 12.9. The lowest BCUT2D eigenvalue weighted by Crippen LogP contribution is -2.23. The largest absolute Gasteiger partial charge is 0.483 e. The number of carbonyl (C=O) groups excluding carboxylic acids is 2. The number of hydrogen-bond donors (Lipinski definition) is 1. The van der Waals surface area contributed by atoms with Crippen molar-refractivity contribution in [3.63, 3.8) is 0 Å². The summed E-state index contributed by atoms with van der Waals surface area (Å²) in [6, 6.07) is 13.5. The van der Waals surface area contributed by atoms with Crippen LogP contribution in [-0.4, -0.2) is 37.4 Å². The van der Waals surface area contributed by atoms with Crippen molar-refractivity contribution in [1.82, 2.24) is 4.90 Å². The number of hydrogen-bond acceptors (Lipinski definition) is 3. The van der Waals surface area contributed by atoms with Gasteiger partial charge in [0.2, 0.25) is 5.91 Å². The highest BCUT2D eigenvalue weighted by Crippen LogP contribution is 2.35. The molecular weight excluding hydrogens is 388 g/mol. The first-order valence-electron chi connectivity index (χ1n) is 10.6. The van der Waals surface area contributed by atoms with Crippen LogP contribution in [0.1, 0.15) is 58.2 Å². The molecule has 2 aromatic rings. The van der Waals surface area contributed by atoms with Crippen LogP contribution in [-0.2, 0) is 26.8 Å². The minimum absolute atomic E-state index is 0.0392. The lowest BCUT2D eigenvalue weighted by atomic mass is 9.80. The van der Waals surface area contributed by atoms with Gasteiger partial charge in [-0.25, -0.2) is 0 Å². The van der Waals surface area contributed by atoms with Crippen LogP contribution in [0, 0.1) is 0 Å². The minimum Gasteiger partial charge on any atom is -0.483 e. The average Bonchev–Trinajstić information content (AvgIpc) is 2.66. The molecular formula is C26H36N2O3. The monoisotopic (exact) mass is 424 g/mol. The first-order valence-corrected chi connectivity index (χ1v) is 10.6. The number of anilines is 1. The molecule has 2 rings (SSSR count). The molecule has 0 heterocycles. The molecule has 0 unspecified atom stereocenters. The fourth-order valence-corrected chi connectivity index (χ4v) is 3.09. The predicted octanol–water partition coefficient (Wildman–Crippen LogP) is 4.93. The molecule has 0 aliphatic rings. The number of amides is 2. The third-order valence-electron chi connectivity index (χ3n) is 5.10. The van der Waals surface area contributed by atoms with E-state index in [1.54, 1.807) is 31.1 Å². The van der Waals surface area contributed by atoms with Crippen LogP contribution in [0.4, 0.5) is 5.69 Å². The Morgan fingerprint density at radius 2 is 1.52 bits per heavy atom. The number of nitrogens with one attached hydrogen (secondary N) is 1. The maximum Gasteiger partial charge on any atom is 0.262 e. The first-order chi connectivity index (χ1) is 14.3. The Morgan fingerprint density at radius 3 is 2.03 bits per heavy atom. The van der Waals surface area contributed by atoms with Crippen molar-refractivity contribution in [3.8, 4) is 5.75 Å². The molecule has 0 atom stereocenters. The van der Waals surface area contributed by atoms with Gasteiger partial charge in [0, 0.05) is 19.8 Å². The molecule has 168 valence electrons. The Kier molecular flexibility index (Phi) is 7.53. The molecule has 0 aromatic heterocycles. The van der Waals surface area contributed by atoms with Crippen LogP contribution in [0.15, 0.2) is 42.5 Å². The number of rotatable bonds is 6. The molecule has 0 radical (unpaired) electrons. The Balaban J connectivity index is 2.03. The van der Waals surface area contributed by atoms with E-state index >= 15 is 0 Å². The van der Waals surface area contributed by atoms with E-state index in [1.165, 1.54) is 5.56 Å². The number of nitrogens with zero attached hydrogens (tertiary/aromatic N) is 1. The summed E-state index contributed by atoms with van der Waals surface area (Å²) < 4.78 is 5.91. The number of benzene rings is 2. The molecule has 2 amide bonds. The van der Waals surface area contributed by atoms with Gasteiger partial charge in [-0.2, -0.15) is 0 Å². The van der Waals surface area contributed by atoms with Gasteiger partial charge in [0.15, 0.2) is 6.61 Å². The van der Waals surface area contributed by atoms with E-state index in [-0.39, 0.29) is 29.3 Å². The van der Waals surface area contributed by atoms with E-state index in [9.17, 15) is 9.59 Å². The van der Waals surface area contributed by atoms with E-state index in [0.29, 0.717) is 12.1 Å². The van der Waals surface area contributed by atoms with Crippen LogP contribution in [0.5, 0.6) is 5.75 Å². The summed E-state index contributed by atoms with van der Waals surface area (Å²) in [5, 5.41) is 2.85. The van der Waals surface area contributed by atoms with Gasteiger partial charge in [0.1, 0.15) is 5.75 Å². The maximum atomic E-state index is 12.4. The van der Waals surface area contributed by atoms with Crippen molar-refractivity contribution in [3.05, 3.63) is 59.2 Å². The second kappa shape index (κ2) is 9.54. The summed E-state index contributed by atoms with van der Waals surface area (Å²) in [5.74, 6) is 0.544. The summed E-state index contributed by atoms with van der Waals surface area (Å²) in [4.78, 5) is 25.8. The van der Waals surface area contributed by atoms with Gasteiger partial charge in [0.05, 0.1) is 6.42 Å². The Bertz CT molecular complexity index is 917. The Labute approximate surface area is 186 Å². The highest BCUT2D eigenvalue weighted by molar-refractivity contribution is 5.92. The van der Waals surface area contributed by atoms with Gasteiger partial charge < -0.3 is 15.0 Å². The average molecular weight is 425 g/mol. The van der Waals surface area contributed by atoms with Crippen LogP contribution in [0.3, 0.4) is 0 Å². The van der Waals surface area contributed by atoms with Gasteiger partial charge in [-0.3, -0.25) is 9.59 Å². The van der Waals surface area contributed by atoms with E-state index < -0.39 is 0 Å². The fraction of sp³-hybridized carbons (Fsp3) is 0.462. The van der Waals surface area contributed by atoms with Crippen molar-refractivity contribution >= 4 is 17.5 Å². The van der Waals surface area contributed by atoms with Gasteiger partial charge >= 0.3 is 0 Å². The summed E-state index contributed by atoms with van der Waals surface area (Å²) in [5.41, 5.74) is 3.84. The van der Waals surface area contributed by atoms with Crippen molar-refractivity contribution in [2.75, 3.05) is 26.0 Å². The second-order valence-corrected chi connectivity index (χ2v) is 10.2. The van der Waals surface area contributed by atoms with Crippen molar-refractivity contribution in [2.45, 2.75) is 58.8 Å². The number of carbonyl (C=O) groups is 2. The Morgan fingerprint density at radius 1 is 0.903 bits per heavy atom. The maximum absolute atomic E-state index is 12.4. The van der Waals surface area contributed by atoms with Crippen molar-refractivity contribution in [2.24, 2.45) is 0 Å². The third kappa shape index (κ3) is 7.12. The summed E-state index contributed by atoms with van der Waals surface area (Å²) in [6.07, 6.45) is 0.338. The molecule has 0 aliphatic carbocycles. The predicted molar refractivity (Wildman–Crippen MR) is 127 cm³/mol. The van der Waals surface area contributed by atoms with Gasteiger partial charge in [0.25, 0.3) is 5.91 Å². The standard InChI is InChI=1S/C26H36N2O3/c1-25(2,3)19-11-14-22(21(16-19)26(4,5)6)31-17-23(29)27-20-12-9-18(10-13-20)15-24(30)28(7)8/h9-14,16H,15,17H2,1-8H3,(H,27,29). The summed E-state index contributed by atoms with van der Waals surface area (Å²) >= 11 is 0. The van der Waals surface area contributed by atoms with E-state index in [2.05, 4.69) is 59.0 Å². The molecule has 0 aliphatic heterocycles. The topological polar surface area (TPSA) is 58.6 Å². The molecule has 0 bridgehead atoms. The zero-order valence-electron chi connectivity index (χ0n) is 20.1. The molecule has 1 N–H and O–H groups in total. The van der Waals surface area contributed by atoms with Gasteiger partial charge in [-0.1, -0.05) is 65.8 Å². The van der Waals surface area contributed by atoms with Gasteiger partial charge in [-0.15, -0.1) is 0 Å². The normalized spacial score (nSPS) is 11.7. The lowest BCUT2D eigenvalue weighted by Gasteiger charge is -2.27. The highest BCUT2D eigenvalue weighted by Gasteiger charge is 2.23. The number of likely N-dealkylation sites (N-methyl/N-ethyl adjacent to an activating group) is 1. The first kappa shape index (κ1) is 24.4. The zero-order valence-corrected chi connectivity index (χ0v) is 20.1.